The minimum atomic E-state index is -1.02. The number of likely N-dealkylation sites (tertiary alicyclic amines) is 1. The molecule has 2 aromatic carbocycles. The second kappa shape index (κ2) is 9.25. The van der Waals surface area contributed by atoms with Crippen LogP contribution in [-0.2, 0) is 23.1 Å². The molecule has 1 fully saturated rings. The van der Waals surface area contributed by atoms with E-state index in [1.54, 1.807) is 7.05 Å². The van der Waals surface area contributed by atoms with E-state index in [9.17, 15) is 19.5 Å². The minimum Gasteiger partial charge on any atom is -0.480 e. The largest absolute Gasteiger partial charge is 0.480 e. The summed E-state index contributed by atoms with van der Waals surface area (Å²) >= 11 is 0. The van der Waals surface area contributed by atoms with Crippen molar-refractivity contribution < 1.29 is 24.2 Å². The van der Waals surface area contributed by atoms with Gasteiger partial charge in [0.15, 0.2) is 0 Å². The van der Waals surface area contributed by atoms with Crippen LogP contribution in [0.4, 0.5) is 4.79 Å². The van der Waals surface area contributed by atoms with Gasteiger partial charge in [0, 0.05) is 19.5 Å². The predicted octanol–water partition coefficient (Wildman–Crippen LogP) is 3.15. The molecule has 2 amide bonds. The topological polar surface area (TPSA) is 114 Å². The highest BCUT2D eigenvalue weighted by atomic mass is 16.5. The summed E-state index contributed by atoms with van der Waals surface area (Å²) in [7, 11) is 1.67. The van der Waals surface area contributed by atoms with Gasteiger partial charge in [0.2, 0.25) is 0 Å². The first-order chi connectivity index (χ1) is 17.0. The summed E-state index contributed by atoms with van der Waals surface area (Å²) in [5, 5.41) is 16.3. The van der Waals surface area contributed by atoms with Gasteiger partial charge in [0.05, 0.1) is 24.0 Å². The number of nitrogens with one attached hydrogen (secondary N) is 1. The lowest BCUT2D eigenvalue weighted by Crippen LogP contribution is -2.41. The molecule has 0 bridgehead atoms. The van der Waals surface area contributed by atoms with Gasteiger partial charge in [0.25, 0.3) is 5.91 Å². The molecule has 2 N–H and O–H groups in total. The summed E-state index contributed by atoms with van der Waals surface area (Å²) in [6.07, 6.45) is 1.87. The van der Waals surface area contributed by atoms with Crippen LogP contribution >= 0.6 is 0 Å². The van der Waals surface area contributed by atoms with E-state index in [-0.39, 0.29) is 24.6 Å². The fraction of sp³-hybridized carbons (Fsp3) is 0.308. The SMILES string of the molecule is Cn1ncc(C(=O)N2CCC[C@H]2C(=O)O)c1CNC(=O)OCC1c2ccccc2-c2ccccc21. The van der Waals surface area contributed by atoms with Crippen LogP contribution in [0.15, 0.2) is 54.7 Å². The number of aliphatic carboxylic acids is 1. The van der Waals surface area contributed by atoms with Crippen molar-refractivity contribution in [1.29, 1.82) is 0 Å². The molecule has 0 radical (unpaired) electrons. The van der Waals surface area contributed by atoms with Crippen molar-refractivity contribution >= 4 is 18.0 Å². The molecule has 0 unspecified atom stereocenters. The van der Waals surface area contributed by atoms with Crippen molar-refractivity contribution in [2.45, 2.75) is 31.3 Å². The molecular formula is C26H26N4O5. The standard InChI is InChI=1S/C26H26N4O5/c1-29-23(20(13-28-29)24(31)30-12-6-11-22(30)25(32)33)14-27-26(34)35-15-21-18-9-4-2-7-16(18)17-8-3-5-10-19(17)21/h2-5,7-10,13,21-22H,6,11-12,14-15H2,1H3,(H,27,34)(H,32,33)/t22-/m0/s1. The molecule has 1 aliphatic heterocycles. The van der Waals surface area contributed by atoms with E-state index in [1.165, 1.54) is 15.8 Å². The molecule has 2 aliphatic rings. The Morgan fingerprint density at radius 3 is 2.40 bits per heavy atom. The van der Waals surface area contributed by atoms with Gasteiger partial charge in [-0.05, 0) is 35.1 Å². The lowest BCUT2D eigenvalue weighted by molar-refractivity contribution is -0.141. The van der Waals surface area contributed by atoms with E-state index in [4.69, 9.17) is 4.74 Å². The first-order valence-electron chi connectivity index (χ1n) is 11.6. The summed E-state index contributed by atoms with van der Waals surface area (Å²) in [6, 6.07) is 15.4. The average Bonchev–Trinajstić information content (AvgIpc) is 3.57. The Balaban J connectivity index is 1.24. The number of carbonyl (C=O) groups is 3. The highest BCUT2D eigenvalue weighted by Gasteiger charge is 2.36. The zero-order chi connectivity index (χ0) is 24.5. The van der Waals surface area contributed by atoms with Crippen LogP contribution in [0, 0.1) is 0 Å². The predicted molar refractivity (Wildman–Crippen MR) is 127 cm³/mol. The number of carboxylic acids is 1. The molecule has 0 spiro atoms. The normalized spacial score (nSPS) is 16.6. The number of nitrogens with zero attached hydrogens (tertiary/aromatic N) is 3. The number of benzene rings is 2. The highest BCUT2D eigenvalue weighted by Crippen LogP contribution is 2.44. The van der Waals surface area contributed by atoms with Crippen LogP contribution < -0.4 is 5.32 Å². The molecule has 9 nitrogen and oxygen atoms in total. The first kappa shape index (κ1) is 22.6. The maximum atomic E-state index is 13.0. The van der Waals surface area contributed by atoms with Crippen molar-refractivity contribution in [3.63, 3.8) is 0 Å². The molecule has 1 aromatic heterocycles. The van der Waals surface area contributed by atoms with E-state index in [0.717, 1.165) is 22.3 Å². The molecule has 35 heavy (non-hydrogen) atoms. The Morgan fingerprint density at radius 2 is 1.74 bits per heavy atom. The van der Waals surface area contributed by atoms with Gasteiger partial charge in [-0.15, -0.1) is 0 Å². The number of carboxylic acid groups (broad SMARTS) is 1. The van der Waals surface area contributed by atoms with Gasteiger partial charge in [0.1, 0.15) is 12.6 Å². The average molecular weight is 475 g/mol. The molecule has 9 heteroatoms. The minimum absolute atomic E-state index is 0.0276. The number of amides is 2. The van der Waals surface area contributed by atoms with E-state index in [0.29, 0.717) is 25.1 Å². The molecule has 180 valence electrons. The lowest BCUT2D eigenvalue weighted by atomic mass is 9.98. The smallest absolute Gasteiger partial charge is 0.407 e. The van der Waals surface area contributed by atoms with E-state index in [1.807, 2.05) is 24.3 Å². The zero-order valence-electron chi connectivity index (χ0n) is 19.3. The lowest BCUT2D eigenvalue weighted by Gasteiger charge is -2.21. The van der Waals surface area contributed by atoms with E-state index in [2.05, 4.69) is 34.7 Å². The Labute approximate surface area is 202 Å². The second-order valence-corrected chi connectivity index (χ2v) is 8.80. The fourth-order valence-electron chi connectivity index (χ4n) is 5.08. The molecular weight excluding hydrogens is 448 g/mol. The Hall–Kier alpha value is -4.14. The monoisotopic (exact) mass is 474 g/mol. The summed E-state index contributed by atoms with van der Waals surface area (Å²) in [5.74, 6) is -1.46. The fourth-order valence-corrected chi connectivity index (χ4v) is 5.08. The van der Waals surface area contributed by atoms with Crippen LogP contribution in [-0.4, -0.2) is 57.0 Å². The van der Waals surface area contributed by atoms with Gasteiger partial charge < -0.3 is 20.1 Å². The highest BCUT2D eigenvalue weighted by molar-refractivity contribution is 5.97. The van der Waals surface area contributed by atoms with Crippen molar-refractivity contribution in [3.8, 4) is 11.1 Å². The number of hydrogen-bond donors (Lipinski definition) is 2. The van der Waals surface area contributed by atoms with Crippen molar-refractivity contribution in [2.24, 2.45) is 7.05 Å². The van der Waals surface area contributed by atoms with Crippen LogP contribution in [0.2, 0.25) is 0 Å². The van der Waals surface area contributed by atoms with Crippen LogP contribution in [0.5, 0.6) is 0 Å². The van der Waals surface area contributed by atoms with Crippen LogP contribution in [0.25, 0.3) is 11.1 Å². The molecule has 1 atom stereocenters. The van der Waals surface area contributed by atoms with Crippen molar-refractivity contribution in [2.75, 3.05) is 13.2 Å². The van der Waals surface area contributed by atoms with Gasteiger partial charge in [-0.2, -0.15) is 5.10 Å². The van der Waals surface area contributed by atoms with Crippen molar-refractivity contribution in [1.82, 2.24) is 20.0 Å². The number of rotatable bonds is 6. The summed E-state index contributed by atoms with van der Waals surface area (Å²) in [5.41, 5.74) is 5.31. The summed E-state index contributed by atoms with van der Waals surface area (Å²) < 4.78 is 7.08. The van der Waals surface area contributed by atoms with E-state index >= 15 is 0 Å². The van der Waals surface area contributed by atoms with Gasteiger partial charge >= 0.3 is 12.1 Å². The van der Waals surface area contributed by atoms with E-state index < -0.39 is 24.0 Å². The van der Waals surface area contributed by atoms with Crippen LogP contribution in [0.1, 0.15) is 45.9 Å². The number of ether oxygens (including phenoxy) is 1. The molecule has 5 rings (SSSR count). The number of aromatic nitrogens is 2. The zero-order valence-corrected chi connectivity index (χ0v) is 19.3. The number of aryl methyl sites for hydroxylation is 1. The van der Waals surface area contributed by atoms with Crippen molar-refractivity contribution in [3.05, 3.63) is 77.1 Å². The van der Waals surface area contributed by atoms with Crippen LogP contribution in [0.3, 0.4) is 0 Å². The first-order valence-corrected chi connectivity index (χ1v) is 11.6. The number of alkyl carbamates (subject to hydrolysis) is 1. The van der Waals surface area contributed by atoms with Gasteiger partial charge in [-0.25, -0.2) is 9.59 Å². The van der Waals surface area contributed by atoms with Gasteiger partial charge in [-0.3, -0.25) is 9.48 Å². The Kier molecular flexibility index (Phi) is 5.98. The third kappa shape index (κ3) is 4.14. The molecule has 1 aliphatic carbocycles. The third-order valence-electron chi connectivity index (χ3n) is 6.83. The molecule has 3 aromatic rings. The Bertz CT molecular complexity index is 1250. The molecule has 0 saturated carbocycles. The molecule has 1 saturated heterocycles. The Morgan fingerprint density at radius 1 is 1.09 bits per heavy atom. The number of fused-ring (bicyclic) bond motifs is 3. The molecule has 2 heterocycles. The number of hydrogen-bond acceptors (Lipinski definition) is 5. The maximum Gasteiger partial charge on any atom is 0.407 e. The summed E-state index contributed by atoms with van der Waals surface area (Å²) in [6.45, 7) is 0.592. The number of carbonyl (C=O) groups excluding carboxylic acids is 2. The quantitative estimate of drug-likeness (QED) is 0.567. The maximum absolute atomic E-state index is 13.0. The summed E-state index contributed by atoms with van der Waals surface area (Å²) in [4.78, 5) is 38.5. The second-order valence-electron chi connectivity index (χ2n) is 8.80. The third-order valence-corrected chi connectivity index (χ3v) is 6.83. The van der Waals surface area contributed by atoms with Gasteiger partial charge in [-0.1, -0.05) is 48.5 Å².